The minimum absolute atomic E-state index is 0.0409. The summed E-state index contributed by atoms with van der Waals surface area (Å²) < 4.78 is 4.91. The van der Waals surface area contributed by atoms with Gasteiger partial charge >= 0.3 is 12.0 Å². The number of nitrogens with zero attached hydrogens (tertiary/aromatic N) is 1. The molecule has 1 aromatic rings. The predicted molar refractivity (Wildman–Crippen MR) is 119 cm³/mol. The third-order valence-corrected chi connectivity index (χ3v) is 7.07. The van der Waals surface area contributed by atoms with Crippen LogP contribution in [0, 0.1) is 5.92 Å². The van der Waals surface area contributed by atoms with Gasteiger partial charge in [-0.05, 0) is 69.6 Å². The van der Waals surface area contributed by atoms with Crippen molar-refractivity contribution in [1.29, 1.82) is 0 Å². The van der Waals surface area contributed by atoms with Crippen LogP contribution in [0.1, 0.15) is 76.5 Å². The van der Waals surface area contributed by atoms with Crippen LogP contribution in [0.5, 0.6) is 0 Å². The molecule has 160 valence electrons. The van der Waals surface area contributed by atoms with Crippen LogP contribution in [0.2, 0.25) is 0 Å². The van der Waals surface area contributed by atoms with Gasteiger partial charge in [-0.2, -0.15) is 0 Å². The summed E-state index contributed by atoms with van der Waals surface area (Å²) in [4.78, 5) is 27.9. The maximum absolute atomic E-state index is 13.3. The second kappa shape index (κ2) is 10.8. The fourth-order valence-electron chi connectivity index (χ4n) is 4.53. The summed E-state index contributed by atoms with van der Waals surface area (Å²) in [6, 6.07) is 4.60. The Morgan fingerprint density at radius 3 is 2.48 bits per heavy atom. The molecule has 2 fully saturated rings. The van der Waals surface area contributed by atoms with E-state index in [1.165, 1.54) is 49.5 Å². The number of anilines is 1. The topological polar surface area (TPSA) is 58.6 Å². The highest BCUT2D eigenvalue weighted by Crippen LogP contribution is 2.33. The first-order valence-electron chi connectivity index (χ1n) is 11.1. The molecule has 0 spiro atoms. The highest BCUT2D eigenvalue weighted by Gasteiger charge is 2.33. The Morgan fingerprint density at radius 2 is 1.79 bits per heavy atom. The van der Waals surface area contributed by atoms with Crippen molar-refractivity contribution in [2.45, 2.75) is 83.7 Å². The molecule has 0 aliphatic heterocycles. The maximum atomic E-state index is 13.3. The maximum Gasteiger partial charge on any atom is 0.330 e. The summed E-state index contributed by atoms with van der Waals surface area (Å²) in [5.41, 5.74) is 0. The standard InChI is InChI=1S/C23H34N2O3S/c1-3-28-22(26)16-14-20-13-15-21(29-20)24-23(27)25(18-7-5-4-6-8-18)19-11-9-17(2)10-12-19/h13-19H,3-12H2,1-2H3,(H,24,27)/b16-14+. The van der Waals surface area contributed by atoms with Crippen molar-refractivity contribution >= 4 is 34.4 Å². The molecule has 2 aliphatic rings. The van der Waals surface area contributed by atoms with E-state index in [-0.39, 0.29) is 12.0 Å². The first kappa shape index (κ1) is 21.9. The summed E-state index contributed by atoms with van der Waals surface area (Å²) in [5, 5.41) is 3.96. The molecule has 1 aromatic heterocycles. The molecule has 5 nitrogen and oxygen atoms in total. The zero-order valence-electron chi connectivity index (χ0n) is 17.7. The van der Waals surface area contributed by atoms with Gasteiger partial charge in [0.15, 0.2) is 0 Å². The van der Waals surface area contributed by atoms with E-state index in [0.29, 0.717) is 18.7 Å². The fraction of sp³-hybridized carbons (Fsp3) is 0.652. The minimum atomic E-state index is -0.346. The lowest BCUT2D eigenvalue weighted by molar-refractivity contribution is -0.137. The van der Waals surface area contributed by atoms with Gasteiger partial charge in [0, 0.05) is 23.0 Å². The van der Waals surface area contributed by atoms with Crippen molar-refractivity contribution in [3.05, 3.63) is 23.1 Å². The first-order valence-corrected chi connectivity index (χ1v) is 11.9. The van der Waals surface area contributed by atoms with Gasteiger partial charge in [-0.3, -0.25) is 5.32 Å². The largest absolute Gasteiger partial charge is 0.463 e. The van der Waals surface area contributed by atoms with Crippen molar-refractivity contribution in [2.24, 2.45) is 5.92 Å². The molecule has 0 bridgehead atoms. The summed E-state index contributed by atoms with van der Waals surface area (Å²) in [6.45, 7) is 4.47. The van der Waals surface area contributed by atoms with Crippen LogP contribution < -0.4 is 5.32 Å². The number of hydrogen-bond acceptors (Lipinski definition) is 4. The van der Waals surface area contributed by atoms with E-state index < -0.39 is 0 Å². The summed E-state index contributed by atoms with van der Waals surface area (Å²) in [7, 11) is 0. The lowest BCUT2D eigenvalue weighted by Crippen LogP contribution is -2.50. The second-order valence-corrected chi connectivity index (χ2v) is 9.45. The molecule has 3 rings (SSSR count). The molecular formula is C23H34N2O3S. The molecule has 2 aliphatic carbocycles. The van der Waals surface area contributed by atoms with Gasteiger partial charge in [0.05, 0.1) is 11.6 Å². The van der Waals surface area contributed by atoms with Crippen LogP contribution in [0.3, 0.4) is 0 Å². The van der Waals surface area contributed by atoms with Gasteiger partial charge < -0.3 is 9.64 Å². The SMILES string of the molecule is CCOC(=O)/C=C/c1ccc(NC(=O)N(C2CCCCC2)C2CCC(C)CC2)s1. The van der Waals surface area contributed by atoms with Gasteiger partial charge in [0.2, 0.25) is 0 Å². The zero-order chi connectivity index (χ0) is 20.6. The average molecular weight is 419 g/mol. The van der Waals surface area contributed by atoms with Crippen molar-refractivity contribution in [3.8, 4) is 0 Å². The third-order valence-electron chi connectivity index (χ3n) is 6.11. The molecule has 6 heteroatoms. The Morgan fingerprint density at radius 1 is 1.10 bits per heavy atom. The van der Waals surface area contributed by atoms with Crippen LogP contribution in [0.4, 0.5) is 9.80 Å². The number of rotatable bonds is 6. The summed E-state index contributed by atoms with van der Waals surface area (Å²) in [6.07, 6.45) is 13.8. The molecule has 1 N–H and O–H groups in total. The molecule has 1 heterocycles. The number of esters is 1. The van der Waals surface area contributed by atoms with E-state index in [1.807, 2.05) is 12.1 Å². The summed E-state index contributed by atoms with van der Waals surface area (Å²) in [5.74, 6) is 0.426. The monoisotopic (exact) mass is 418 g/mol. The molecule has 0 unspecified atom stereocenters. The number of carbonyl (C=O) groups excluding carboxylic acids is 2. The molecule has 0 radical (unpaired) electrons. The van der Waals surface area contributed by atoms with E-state index in [0.717, 1.165) is 41.5 Å². The normalized spacial score (nSPS) is 23.1. The van der Waals surface area contributed by atoms with E-state index in [4.69, 9.17) is 4.74 Å². The zero-order valence-corrected chi connectivity index (χ0v) is 18.5. The Kier molecular flexibility index (Phi) is 8.16. The molecule has 2 amide bonds. The van der Waals surface area contributed by atoms with Crippen LogP contribution in [0.25, 0.3) is 6.08 Å². The lowest BCUT2D eigenvalue weighted by Gasteiger charge is -2.42. The van der Waals surface area contributed by atoms with Crippen molar-refractivity contribution < 1.29 is 14.3 Å². The van der Waals surface area contributed by atoms with E-state index >= 15 is 0 Å². The lowest BCUT2D eigenvalue weighted by atomic mass is 9.84. The third kappa shape index (κ3) is 6.33. The molecule has 0 saturated heterocycles. The smallest absolute Gasteiger partial charge is 0.330 e. The first-order chi connectivity index (χ1) is 14.1. The number of carbonyl (C=O) groups is 2. The van der Waals surface area contributed by atoms with Gasteiger partial charge in [-0.15, -0.1) is 11.3 Å². The quantitative estimate of drug-likeness (QED) is 0.450. The van der Waals surface area contributed by atoms with E-state index in [2.05, 4.69) is 17.1 Å². The van der Waals surface area contributed by atoms with Crippen molar-refractivity contribution in [3.63, 3.8) is 0 Å². The average Bonchev–Trinajstić information content (AvgIpc) is 3.16. The Hall–Kier alpha value is -1.82. The van der Waals surface area contributed by atoms with E-state index in [9.17, 15) is 9.59 Å². The number of thiophene rings is 1. The Balaban J connectivity index is 1.65. The molecule has 0 atom stereocenters. The van der Waals surface area contributed by atoms with Crippen LogP contribution in [-0.4, -0.2) is 35.6 Å². The van der Waals surface area contributed by atoms with Crippen molar-refractivity contribution in [2.75, 3.05) is 11.9 Å². The number of urea groups is 1. The predicted octanol–water partition coefficient (Wildman–Crippen LogP) is 6.07. The molecular weight excluding hydrogens is 384 g/mol. The Bertz CT molecular complexity index is 701. The fourth-order valence-corrected chi connectivity index (χ4v) is 5.33. The highest BCUT2D eigenvalue weighted by molar-refractivity contribution is 7.17. The van der Waals surface area contributed by atoms with Gasteiger partial charge in [-0.25, -0.2) is 9.59 Å². The number of hydrogen-bond donors (Lipinski definition) is 1. The van der Waals surface area contributed by atoms with Crippen LogP contribution in [0.15, 0.2) is 18.2 Å². The van der Waals surface area contributed by atoms with Crippen LogP contribution in [-0.2, 0) is 9.53 Å². The van der Waals surface area contributed by atoms with E-state index in [1.54, 1.807) is 13.0 Å². The van der Waals surface area contributed by atoms with Gasteiger partial charge in [0.25, 0.3) is 0 Å². The molecule has 0 aromatic carbocycles. The van der Waals surface area contributed by atoms with Gasteiger partial charge in [-0.1, -0.05) is 26.2 Å². The van der Waals surface area contributed by atoms with Crippen molar-refractivity contribution in [1.82, 2.24) is 4.90 Å². The summed E-state index contributed by atoms with van der Waals surface area (Å²) >= 11 is 1.48. The number of amides is 2. The molecule has 29 heavy (non-hydrogen) atoms. The minimum Gasteiger partial charge on any atom is -0.463 e. The second-order valence-electron chi connectivity index (χ2n) is 8.33. The Labute approximate surface area is 178 Å². The van der Waals surface area contributed by atoms with Crippen LogP contribution >= 0.6 is 11.3 Å². The van der Waals surface area contributed by atoms with Gasteiger partial charge in [0.1, 0.15) is 0 Å². The highest BCUT2D eigenvalue weighted by atomic mass is 32.1. The number of nitrogens with one attached hydrogen (secondary N) is 1. The molecule has 2 saturated carbocycles. The number of ether oxygens (including phenoxy) is 1.